The smallest absolute Gasteiger partial charge is 0.244 e. The van der Waals surface area contributed by atoms with Crippen LogP contribution in [-0.2, 0) is 11.2 Å². The third-order valence-corrected chi connectivity index (χ3v) is 4.33. The van der Waals surface area contributed by atoms with Gasteiger partial charge in [0, 0.05) is 5.02 Å². The second-order valence-electron chi connectivity index (χ2n) is 5.21. The van der Waals surface area contributed by atoms with E-state index in [9.17, 15) is 9.90 Å². The second-order valence-corrected chi connectivity index (χ2v) is 6.47. The first-order chi connectivity index (χ1) is 12.4. The summed E-state index contributed by atoms with van der Waals surface area (Å²) in [6.07, 6.45) is 1.52. The fraction of sp³-hybridized carbons (Fsp3) is 0.222. The van der Waals surface area contributed by atoms with Gasteiger partial charge in [-0.2, -0.15) is 5.10 Å². The van der Waals surface area contributed by atoms with Gasteiger partial charge in [0.25, 0.3) is 0 Å². The maximum Gasteiger partial charge on any atom is 0.244 e. The lowest BCUT2D eigenvalue weighted by molar-refractivity contribution is -0.120. The summed E-state index contributed by atoms with van der Waals surface area (Å²) in [5, 5.41) is 14.3. The van der Waals surface area contributed by atoms with E-state index >= 15 is 0 Å². The predicted molar refractivity (Wildman–Crippen MR) is 104 cm³/mol. The van der Waals surface area contributed by atoms with Crippen LogP contribution in [0.2, 0.25) is 5.02 Å². The zero-order chi connectivity index (χ0) is 19.1. The highest BCUT2D eigenvalue weighted by Crippen LogP contribution is 2.35. The van der Waals surface area contributed by atoms with Crippen LogP contribution < -0.4 is 14.9 Å². The maximum atomic E-state index is 12.0. The molecule has 0 aliphatic heterocycles. The lowest BCUT2D eigenvalue weighted by Gasteiger charge is -2.08. The molecule has 0 aliphatic rings. The van der Waals surface area contributed by atoms with Crippen LogP contribution in [0.3, 0.4) is 0 Å². The minimum Gasteiger partial charge on any atom is -0.503 e. The van der Waals surface area contributed by atoms with Crippen molar-refractivity contribution in [1.82, 2.24) is 5.43 Å². The molecule has 2 N–H and O–H groups in total. The molecule has 2 aromatic rings. The molecule has 0 atom stereocenters. The molecule has 26 heavy (non-hydrogen) atoms. The fourth-order valence-corrected chi connectivity index (χ4v) is 2.78. The van der Waals surface area contributed by atoms with Gasteiger partial charge in [0.1, 0.15) is 5.75 Å². The first-order valence-corrected chi connectivity index (χ1v) is 8.91. The zero-order valence-corrected chi connectivity index (χ0v) is 16.6. The van der Waals surface area contributed by atoms with Gasteiger partial charge < -0.3 is 14.6 Å². The van der Waals surface area contributed by atoms with Gasteiger partial charge in [-0.15, -0.1) is 0 Å². The molecule has 0 unspecified atom stereocenters. The number of hydrogen-bond acceptors (Lipinski definition) is 5. The molecule has 6 nitrogen and oxygen atoms in total. The van der Waals surface area contributed by atoms with Gasteiger partial charge in [0.15, 0.2) is 11.5 Å². The summed E-state index contributed by atoms with van der Waals surface area (Å²) >= 11 is 9.34. The Balaban J connectivity index is 2.03. The Labute approximate surface area is 164 Å². The van der Waals surface area contributed by atoms with Gasteiger partial charge >= 0.3 is 0 Å². The van der Waals surface area contributed by atoms with Crippen molar-refractivity contribution in [3.63, 3.8) is 0 Å². The molecular weight excluding hydrogens is 424 g/mol. The molecule has 0 spiro atoms. The minimum atomic E-state index is -0.320. The Hall–Kier alpha value is -2.25. The molecular formula is C18H18BrClN2O4. The summed E-state index contributed by atoms with van der Waals surface area (Å²) < 4.78 is 10.9. The van der Waals surface area contributed by atoms with E-state index < -0.39 is 0 Å². The van der Waals surface area contributed by atoms with E-state index in [1.54, 1.807) is 37.4 Å². The maximum absolute atomic E-state index is 12.0. The number of ether oxygens (including phenoxy) is 2. The van der Waals surface area contributed by atoms with Crippen molar-refractivity contribution in [1.29, 1.82) is 0 Å². The number of phenols is 1. The molecule has 8 heteroatoms. The standard InChI is InChI=1S/C18H18BrClN2O4/c1-3-26-16-7-11(6-14(19)18(16)24)10-21-22-17(23)9-12-8-13(25-2)4-5-15(12)20/h4-8,10,24H,3,9H2,1-2H3,(H,22,23)/b21-10+. The molecule has 0 fully saturated rings. The van der Waals surface area contributed by atoms with E-state index in [1.807, 2.05) is 6.92 Å². The van der Waals surface area contributed by atoms with Gasteiger partial charge in [-0.25, -0.2) is 5.43 Å². The van der Waals surface area contributed by atoms with Crippen molar-refractivity contribution in [3.8, 4) is 17.2 Å². The van der Waals surface area contributed by atoms with Crippen molar-refractivity contribution in [2.45, 2.75) is 13.3 Å². The largest absolute Gasteiger partial charge is 0.503 e. The first kappa shape index (κ1) is 20.1. The Kier molecular flexibility index (Phi) is 7.29. The topological polar surface area (TPSA) is 80.2 Å². The number of hydrogen-bond donors (Lipinski definition) is 2. The van der Waals surface area contributed by atoms with Crippen LogP contribution in [0.1, 0.15) is 18.1 Å². The number of hydrazone groups is 1. The van der Waals surface area contributed by atoms with E-state index in [4.69, 9.17) is 21.1 Å². The van der Waals surface area contributed by atoms with Crippen LogP contribution in [0.4, 0.5) is 0 Å². The number of benzene rings is 2. The number of nitrogens with zero attached hydrogens (tertiary/aromatic N) is 1. The molecule has 0 aromatic heterocycles. The second kappa shape index (κ2) is 9.45. The Morgan fingerprint density at radius 3 is 2.85 bits per heavy atom. The fourth-order valence-electron chi connectivity index (χ4n) is 2.14. The first-order valence-electron chi connectivity index (χ1n) is 7.74. The molecule has 2 rings (SSSR count). The van der Waals surface area contributed by atoms with E-state index in [1.165, 1.54) is 6.21 Å². The third-order valence-electron chi connectivity index (χ3n) is 3.36. The molecule has 0 saturated carbocycles. The van der Waals surface area contributed by atoms with Crippen molar-refractivity contribution in [2.75, 3.05) is 13.7 Å². The van der Waals surface area contributed by atoms with Crippen LogP contribution in [-0.4, -0.2) is 30.9 Å². The Bertz CT molecular complexity index is 827. The third kappa shape index (κ3) is 5.37. The van der Waals surface area contributed by atoms with E-state index in [0.29, 0.717) is 38.7 Å². The van der Waals surface area contributed by atoms with E-state index in [-0.39, 0.29) is 18.1 Å². The number of carbonyl (C=O) groups excluding carboxylic acids is 1. The summed E-state index contributed by atoms with van der Waals surface area (Å²) in [4.78, 5) is 12.0. The molecule has 1 amide bonds. The number of phenolic OH excluding ortho intramolecular Hbond substituents is 1. The van der Waals surface area contributed by atoms with Crippen LogP contribution in [0, 0.1) is 0 Å². The highest BCUT2D eigenvalue weighted by molar-refractivity contribution is 9.10. The number of halogens is 2. The lowest BCUT2D eigenvalue weighted by atomic mass is 10.1. The lowest BCUT2D eigenvalue weighted by Crippen LogP contribution is -2.20. The molecule has 0 saturated heterocycles. The Morgan fingerprint density at radius 2 is 2.15 bits per heavy atom. The highest BCUT2D eigenvalue weighted by atomic mass is 79.9. The minimum absolute atomic E-state index is 0.0145. The van der Waals surface area contributed by atoms with Crippen molar-refractivity contribution < 1.29 is 19.4 Å². The SMILES string of the molecule is CCOc1cc(/C=N/NC(=O)Cc2cc(OC)ccc2Cl)cc(Br)c1O. The summed E-state index contributed by atoms with van der Waals surface area (Å²) in [6, 6.07) is 8.39. The predicted octanol–water partition coefficient (Wildman–Crippen LogP) is 3.91. The average molecular weight is 442 g/mol. The summed E-state index contributed by atoms with van der Waals surface area (Å²) in [5.74, 6) is 0.649. The summed E-state index contributed by atoms with van der Waals surface area (Å²) in [5.41, 5.74) is 3.74. The van der Waals surface area contributed by atoms with Gasteiger partial charge in [-0.3, -0.25) is 4.79 Å². The monoisotopic (exact) mass is 440 g/mol. The zero-order valence-electron chi connectivity index (χ0n) is 14.3. The highest BCUT2D eigenvalue weighted by Gasteiger charge is 2.10. The number of amides is 1. The number of carbonyl (C=O) groups is 1. The van der Waals surface area contributed by atoms with E-state index in [2.05, 4.69) is 26.5 Å². The van der Waals surface area contributed by atoms with Crippen molar-refractivity contribution >= 4 is 39.7 Å². The molecule has 0 heterocycles. The molecule has 0 bridgehead atoms. The summed E-state index contributed by atoms with van der Waals surface area (Å²) in [6.45, 7) is 2.23. The average Bonchev–Trinajstić information content (AvgIpc) is 2.61. The van der Waals surface area contributed by atoms with Gasteiger partial charge in [-0.05, 0) is 64.3 Å². The normalized spacial score (nSPS) is 10.8. The van der Waals surface area contributed by atoms with Gasteiger partial charge in [0.05, 0.1) is 30.8 Å². The summed E-state index contributed by atoms with van der Waals surface area (Å²) in [7, 11) is 1.55. The molecule has 0 aliphatic carbocycles. The number of rotatable bonds is 7. The number of methoxy groups -OCH3 is 1. The molecule has 138 valence electrons. The number of aromatic hydroxyl groups is 1. The van der Waals surface area contributed by atoms with Crippen molar-refractivity contribution in [2.24, 2.45) is 5.10 Å². The van der Waals surface area contributed by atoms with Crippen molar-refractivity contribution in [3.05, 3.63) is 51.0 Å². The van der Waals surface area contributed by atoms with Crippen LogP contribution in [0.5, 0.6) is 17.2 Å². The van der Waals surface area contributed by atoms with Crippen LogP contribution >= 0.6 is 27.5 Å². The van der Waals surface area contributed by atoms with E-state index in [0.717, 1.165) is 0 Å². The molecule has 0 radical (unpaired) electrons. The Morgan fingerprint density at radius 1 is 1.38 bits per heavy atom. The van der Waals surface area contributed by atoms with Crippen LogP contribution in [0.25, 0.3) is 0 Å². The molecule has 2 aromatic carbocycles. The number of nitrogens with one attached hydrogen (secondary N) is 1. The van der Waals surface area contributed by atoms with Gasteiger partial charge in [-0.1, -0.05) is 11.6 Å². The quantitative estimate of drug-likeness (QED) is 0.504. The van der Waals surface area contributed by atoms with Gasteiger partial charge in [0.2, 0.25) is 5.91 Å². The van der Waals surface area contributed by atoms with Crippen LogP contribution in [0.15, 0.2) is 39.9 Å².